The van der Waals surface area contributed by atoms with Gasteiger partial charge in [0.1, 0.15) is 11.5 Å². The molecule has 2 saturated heterocycles. The summed E-state index contributed by atoms with van der Waals surface area (Å²) in [6.45, 7) is 0.632. The van der Waals surface area contributed by atoms with Crippen molar-refractivity contribution < 1.29 is 37.6 Å². The van der Waals surface area contributed by atoms with Crippen LogP contribution in [0.25, 0.3) is 0 Å². The van der Waals surface area contributed by atoms with Gasteiger partial charge in [-0.05, 0) is 105 Å². The molecule has 0 spiro atoms. The summed E-state index contributed by atoms with van der Waals surface area (Å²) < 4.78 is 27.2. The average molecular weight is 753 g/mol. The quantitative estimate of drug-likeness (QED) is 0.113. The van der Waals surface area contributed by atoms with E-state index in [2.05, 4.69) is 26.6 Å². The standard InChI is InChI=1S/C39H41N6O8P/c46-34(25-41-37(48)27-9-3-1-4-10-27)43-29-15-19-31(20-16-29)52-54(51,36-14-8-24-45(36)39(50)33-13-7-23-40-33)53-32-21-17-30(18-22-32)44-35(47)26-42-38(49)28-11-5-2-6-12-28/h1-6,9-12,15-22,33,36,40H,7-8,13-14,23-26H2,(H,41,48)(H,42,49)(H,43,46)(H,44,47)/t33-,36?/m0/s1. The molecule has 5 amide bonds. The van der Waals surface area contributed by atoms with Crippen molar-refractivity contribution in [3.05, 3.63) is 120 Å². The van der Waals surface area contributed by atoms with Crippen LogP contribution in [0.2, 0.25) is 0 Å². The average Bonchev–Trinajstić information content (AvgIpc) is 3.92. The third-order valence-corrected chi connectivity index (χ3v) is 11.1. The Kier molecular flexibility index (Phi) is 12.4. The molecule has 2 atom stereocenters. The van der Waals surface area contributed by atoms with Crippen LogP contribution in [0.4, 0.5) is 11.4 Å². The largest absolute Gasteiger partial charge is 0.453 e. The van der Waals surface area contributed by atoms with E-state index >= 15 is 0 Å². The van der Waals surface area contributed by atoms with Gasteiger partial charge in [0.25, 0.3) is 11.8 Å². The Bertz CT molecular complexity index is 1870. The van der Waals surface area contributed by atoms with E-state index in [1.807, 2.05) is 0 Å². The highest BCUT2D eigenvalue weighted by Gasteiger charge is 2.49. The summed E-state index contributed by atoms with van der Waals surface area (Å²) in [5, 5.41) is 13.8. The van der Waals surface area contributed by atoms with E-state index in [0.29, 0.717) is 48.3 Å². The minimum absolute atomic E-state index is 0.155. The monoisotopic (exact) mass is 752 g/mol. The molecule has 5 N–H and O–H groups in total. The molecule has 0 aromatic heterocycles. The lowest BCUT2D eigenvalue weighted by Crippen LogP contribution is -2.46. The fraction of sp³-hybridized carbons (Fsp3) is 0.256. The zero-order chi connectivity index (χ0) is 37.9. The lowest BCUT2D eigenvalue weighted by Gasteiger charge is -2.32. The highest BCUT2D eigenvalue weighted by molar-refractivity contribution is 7.55. The number of anilines is 2. The third kappa shape index (κ3) is 9.91. The highest BCUT2D eigenvalue weighted by atomic mass is 31.2. The normalized spacial score (nSPS) is 16.6. The number of rotatable bonds is 14. The summed E-state index contributed by atoms with van der Waals surface area (Å²) >= 11 is 0. The molecule has 0 aliphatic carbocycles. The molecule has 0 radical (unpaired) electrons. The van der Waals surface area contributed by atoms with Crippen LogP contribution in [0.1, 0.15) is 46.4 Å². The minimum Gasteiger partial charge on any atom is -0.415 e. The Morgan fingerprint density at radius 3 is 1.57 bits per heavy atom. The highest BCUT2D eigenvalue weighted by Crippen LogP contribution is 2.57. The second-order valence-corrected chi connectivity index (χ2v) is 14.8. The summed E-state index contributed by atoms with van der Waals surface area (Å²) in [5.41, 5.74) is 1.70. The zero-order valence-corrected chi connectivity index (χ0v) is 30.3. The number of carbonyl (C=O) groups is 5. The van der Waals surface area contributed by atoms with Crippen LogP contribution in [0.5, 0.6) is 11.5 Å². The van der Waals surface area contributed by atoms with Gasteiger partial charge in [0.05, 0.1) is 19.1 Å². The minimum atomic E-state index is -4.14. The van der Waals surface area contributed by atoms with Crippen molar-refractivity contribution in [3.8, 4) is 11.5 Å². The Hall–Kier alpha value is -5.98. The number of nitrogens with one attached hydrogen (secondary N) is 5. The summed E-state index contributed by atoms with van der Waals surface area (Å²) in [7, 11) is -4.14. The first kappa shape index (κ1) is 37.8. The topological polar surface area (TPSA) is 184 Å². The fourth-order valence-electron chi connectivity index (χ4n) is 6.18. The molecule has 4 aromatic carbocycles. The predicted molar refractivity (Wildman–Crippen MR) is 202 cm³/mol. The molecule has 6 rings (SSSR count). The molecule has 0 saturated carbocycles. The van der Waals surface area contributed by atoms with E-state index < -0.39 is 25.2 Å². The van der Waals surface area contributed by atoms with E-state index in [1.54, 1.807) is 89.8 Å². The Labute approximate surface area is 312 Å². The number of likely N-dealkylation sites (tertiary alicyclic amines) is 1. The maximum absolute atomic E-state index is 14.9. The van der Waals surface area contributed by atoms with Gasteiger partial charge in [0, 0.05) is 29.0 Å². The van der Waals surface area contributed by atoms with Gasteiger partial charge >= 0.3 is 7.60 Å². The third-order valence-electron chi connectivity index (χ3n) is 8.86. The molecule has 54 heavy (non-hydrogen) atoms. The Balaban J connectivity index is 1.11. The molecule has 0 bridgehead atoms. The van der Waals surface area contributed by atoms with Crippen molar-refractivity contribution in [2.45, 2.75) is 37.5 Å². The summed E-state index contributed by atoms with van der Waals surface area (Å²) in [4.78, 5) is 64.8. The molecule has 14 nitrogen and oxygen atoms in total. The van der Waals surface area contributed by atoms with Gasteiger partial charge in [-0.25, -0.2) is 4.57 Å². The maximum Gasteiger partial charge on any atom is 0.453 e. The van der Waals surface area contributed by atoms with Crippen LogP contribution in [-0.4, -0.2) is 72.4 Å². The molecule has 2 aliphatic rings. The van der Waals surface area contributed by atoms with Crippen LogP contribution >= 0.6 is 7.60 Å². The number of benzene rings is 4. The van der Waals surface area contributed by atoms with Crippen molar-refractivity contribution in [1.29, 1.82) is 0 Å². The van der Waals surface area contributed by atoms with E-state index in [9.17, 15) is 28.5 Å². The molecule has 2 fully saturated rings. The summed E-state index contributed by atoms with van der Waals surface area (Å²) in [5.74, 6) is -2.29. The molecule has 15 heteroatoms. The van der Waals surface area contributed by atoms with Gasteiger partial charge in [0.15, 0.2) is 5.78 Å². The van der Waals surface area contributed by atoms with Gasteiger partial charge in [-0.1, -0.05) is 36.4 Å². The lowest BCUT2D eigenvalue weighted by molar-refractivity contribution is -0.132. The molecule has 4 aromatic rings. The van der Waals surface area contributed by atoms with Crippen LogP contribution in [0.15, 0.2) is 109 Å². The first-order valence-corrected chi connectivity index (χ1v) is 19.3. The van der Waals surface area contributed by atoms with Crippen molar-refractivity contribution in [2.75, 3.05) is 36.8 Å². The SMILES string of the molecule is O=C(CNC(=O)c1ccccc1)Nc1ccc(OP(=O)(Oc2ccc(NC(=O)CNC(=O)c3ccccc3)cc2)C2CCCN2C(=O)[C@@H]2CCCN2)cc1. The van der Waals surface area contributed by atoms with E-state index in [0.717, 1.165) is 13.0 Å². The van der Waals surface area contributed by atoms with Crippen molar-refractivity contribution in [1.82, 2.24) is 20.9 Å². The predicted octanol–water partition coefficient (Wildman–Crippen LogP) is 4.78. The van der Waals surface area contributed by atoms with Crippen LogP contribution < -0.4 is 35.6 Å². The molecular formula is C39H41N6O8P. The van der Waals surface area contributed by atoms with Gasteiger partial charge in [0.2, 0.25) is 17.7 Å². The zero-order valence-electron chi connectivity index (χ0n) is 29.4. The number of carbonyl (C=O) groups excluding carboxylic acids is 5. The van der Waals surface area contributed by atoms with Gasteiger partial charge < -0.3 is 40.5 Å². The smallest absolute Gasteiger partial charge is 0.415 e. The number of hydrogen-bond acceptors (Lipinski definition) is 9. The maximum atomic E-state index is 14.9. The second kappa shape index (κ2) is 17.7. The Morgan fingerprint density at radius 2 is 1.13 bits per heavy atom. The molecule has 2 heterocycles. The fourth-order valence-corrected chi connectivity index (χ4v) is 8.36. The van der Waals surface area contributed by atoms with E-state index in [1.165, 1.54) is 24.3 Å². The number of hydrogen-bond donors (Lipinski definition) is 5. The number of nitrogens with zero attached hydrogens (tertiary/aromatic N) is 1. The molecule has 280 valence electrons. The lowest BCUT2D eigenvalue weighted by atomic mass is 10.2. The second-order valence-electron chi connectivity index (χ2n) is 12.8. The van der Waals surface area contributed by atoms with E-state index in [-0.39, 0.29) is 48.4 Å². The Morgan fingerprint density at radius 1 is 0.648 bits per heavy atom. The molecular weight excluding hydrogens is 711 g/mol. The first-order chi connectivity index (χ1) is 26.2. The first-order valence-electron chi connectivity index (χ1n) is 17.7. The van der Waals surface area contributed by atoms with Crippen molar-refractivity contribution in [3.63, 3.8) is 0 Å². The van der Waals surface area contributed by atoms with Gasteiger partial charge in [-0.3, -0.25) is 24.0 Å². The van der Waals surface area contributed by atoms with E-state index in [4.69, 9.17) is 9.05 Å². The molecule has 2 aliphatic heterocycles. The van der Waals surface area contributed by atoms with Crippen LogP contribution in [0.3, 0.4) is 0 Å². The number of amides is 5. The molecule has 1 unspecified atom stereocenters. The van der Waals surface area contributed by atoms with Crippen LogP contribution in [-0.2, 0) is 18.9 Å². The van der Waals surface area contributed by atoms with Crippen molar-refractivity contribution >= 4 is 48.5 Å². The summed E-state index contributed by atoms with van der Waals surface area (Å²) in [6.07, 6.45) is 2.54. The van der Waals surface area contributed by atoms with Gasteiger partial charge in [-0.15, -0.1) is 0 Å². The van der Waals surface area contributed by atoms with Gasteiger partial charge in [-0.2, -0.15) is 0 Å². The van der Waals surface area contributed by atoms with Crippen LogP contribution in [0, 0.1) is 0 Å². The van der Waals surface area contributed by atoms with Crippen molar-refractivity contribution in [2.24, 2.45) is 0 Å². The summed E-state index contributed by atoms with van der Waals surface area (Å²) in [6, 6.07) is 29.1.